The van der Waals surface area contributed by atoms with Crippen LogP contribution in [0.25, 0.3) is 21.8 Å². The summed E-state index contributed by atoms with van der Waals surface area (Å²) in [5.41, 5.74) is 3.79. The zero-order valence-electron chi connectivity index (χ0n) is 25.2. The molecule has 2 fully saturated rings. The van der Waals surface area contributed by atoms with Gasteiger partial charge in [-0.3, -0.25) is 9.97 Å². The molecular formula is C33H44Cl2N6O2. The van der Waals surface area contributed by atoms with Gasteiger partial charge in [0.15, 0.2) is 0 Å². The average molecular weight is 628 g/mol. The lowest BCUT2D eigenvalue weighted by Gasteiger charge is -2.34. The van der Waals surface area contributed by atoms with Crippen LogP contribution in [0.15, 0.2) is 73.1 Å². The van der Waals surface area contributed by atoms with Crippen molar-refractivity contribution in [3.63, 3.8) is 0 Å². The SMILES string of the molecule is CC(C)(C)OC(=O)N1CCC(Nc2cnc3ccccc3c2)CC1.Cl.Cl.c1ccc2ncc(NC3CCNCC3)cc2c1. The van der Waals surface area contributed by atoms with E-state index >= 15 is 0 Å². The number of ether oxygens (including phenoxy) is 1. The number of rotatable bonds is 4. The number of nitrogens with one attached hydrogen (secondary N) is 3. The summed E-state index contributed by atoms with van der Waals surface area (Å²) in [4.78, 5) is 22.8. The predicted molar refractivity (Wildman–Crippen MR) is 182 cm³/mol. The van der Waals surface area contributed by atoms with E-state index in [-0.39, 0.29) is 30.9 Å². The molecule has 4 aromatic rings. The third kappa shape index (κ3) is 10.1. The molecule has 0 radical (unpaired) electrons. The summed E-state index contributed by atoms with van der Waals surface area (Å²) in [6, 6.07) is 21.6. The maximum absolute atomic E-state index is 12.1. The lowest BCUT2D eigenvalue weighted by Crippen LogP contribution is -2.44. The molecular weight excluding hydrogens is 583 g/mol. The lowest BCUT2D eigenvalue weighted by atomic mass is 10.0. The summed E-state index contributed by atoms with van der Waals surface area (Å²) in [5, 5.41) is 12.8. The molecule has 4 heterocycles. The van der Waals surface area contributed by atoms with Crippen molar-refractivity contribution < 1.29 is 9.53 Å². The number of hydrogen-bond acceptors (Lipinski definition) is 7. The third-order valence-corrected chi connectivity index (χ3v) is 7.41. The standard InChI is InChI=1S/C19H25N3O2.C14H17N3.2ClH/c1-19(2,3)24-18(23)22-10-8-15(9-11-22)21-16-12-14-6-4-5-7-17(14)20-13-16;1-2-4-14-11(3-1)9-13(10-16-14)17-12-5-7-15-8-6-12;;/h4-7,12-13,15,21H,8-11H2,1-3H3;1-4,9-10,12,15,17H,5-8H2;2*1H. The molecule has 8 nitrogen and oxygen atoms in total. The van der Waals surface area contributed by atoms with Crippen LogP contribution >= 0.6 is 24.8 Å². The Morgan fingerprint density at radius 2 is 1.26 bits per heavy atom. The highest BCUT2D eigenvalue weighted by Crippen LogP contribution is 2.22. The fourth-order valence-corrected chi connectivity index (χ4v) is 5.27. The van der Waals surface area contributed by atoms with Crippen molar-refractivity contribution in [3.05, 3.63) is 73.1 Å². The second-order valence-electron chi connectivity index (χ2n) is 11.9. The number of nitrogens with zero attached hydrogens (tertiary/aromatic N) is 3. The van der Waals surface area contributed by atoms with Crippen LogP contribution in [0.4, 0.5) is 16.2 Å². The highest BCUT2D eigenvalue weighted by molar-refractivity contribution is 5.86. The number of amides is 1. The summed E-state index contributed by atoms with van der Waals surface area (Å²) < 4.78 is 5.44. The largest absolute Gasteiger partial charge is 0.444 e. The van der Waals surface area contributed by atoms with E-state index in [2.05, 4.69) is 56.3 Å². The van der Waals surface area contributed by atoms with E-state index in [4.69, 9.17) is 4.74 Å². The number of aromatic nitrogens is 2. The Morgan fingerprint density at radius 1 is 0.791 bits per heavy atom. The number of carbonyl (C=O) groups is 1. The molecule has 0 bridgehead atoms. The summed E-state index contributed by atoms with van der Waals surface area (Å²) in [5.74, 6) is 0. The van der Waals surface area contributed by atoms with Crippen LogP contribution in [0.2, 0.25) is 0 Å². The van der Waals surface area contributed by atoms with Gasteiger partial charge in [0.1, 0.15) is 5.60 Å². The highest BCUT2D eigenvalue weighted by atomic mass is 35.5. The van der Waals surface area contributed by atoms with Gasteiger partial charge in [-0.15, -0.1) is 24.8 Å². The maximum atomic E-state index is 12.1. The monoisotopic (exact) mass is 626 g/mol. The van der Waals surface area contributed by atoms with Crippen molar-refractivity contribution in [2.75, 3.05) is 36.8 Å². The van der Waals surface area contributed by atoms with Gasteiger partial charge in [-0.1, -0.05) is 36.4 Å². The summed E-state index contributed by atoms with van der Waals surface area (Å²) in [7, 11) is 0. The Bertz CT molecular complexity index is 1450. The Kier molecular flexibility index (Phi) is 12.7. The van der Waals surface area contributed by atoms with Gasteiger partial charge >= 0.3 is 6.09 Å². The van der Waals surface area contributed by atoms with Crippen molar-refractivity contribution in [1.82, 2.24) is 20.2 Å². The van der Waals surface area contributed by atoms with Crippen LogP contribution in [0, 0.1) is 0 Å². The number of fused-ring (bicyclic) bond motifs is 2. The summed E-state index contributed by atoms with van der Waals surface area (Å²) in [6.45, 7) is 9.34. The molecule has 232 valence electrons. The van der Waals surface area contributed by atoms with Crippen LogP contribution in [0.5, 0.6) is 0 Å². The zero-order chi connectivity index (χ0) is 28.7. The van der Waals surface area contributed by atoms with Crippen molar-refractivity contribution in [2.24, 2.45) is 0 Å². The van der Waals surface area contributed by atoms with Crippen molar-refractivity contribution in [3.8, 4) is 0 Å². The van der Waals surface area contributed by atoms with Crippen molar-refractivity contribution in [1.29, 1.82) is 0 Å². The molecule has 0 unspecified atom stereocenters. The van der Waals surface area contributed by atoms with Gasteiger partial charge < -0.3 is 25.6 Å². The van der Waals surface area contributed by atoms with E-state index in [1.165, 1.54) is 18.2 Å². The fraction of sp³-hybridized carbons (Fsp3) is 0.424. The fourth-order valence-electron chi connectivity index (χ4n) is 5.27. The minimum Gasteiger partial charge on any atom is -0.444 e. The molecule has 2 aliphatic rings. The summed E-state index contributed by atoms with van der Waals surface area (Å²) in [6.07, 6.45) is 7.79. The van der Waals surface area contributed by atoms with Gasteiger partial charge in [0, 0.05) is 35.9 Å². The number of piperidine rings is 2. The topological polar surface area (TPSA) is 91.4 Å². The first-order valence-electron chi connectivity index (χ1n) is 14.7. The molecule has 2 aliphatic heterocycles. The highest BCUT2D eigenvalue weighted by Gasteiger charge is 2.26. The Labute approximate surface area is 267 Å². The molecule has 0 atom stereocenters. The van der Waals surface area contributed by atoms with Crippen molar-refractivity contribution in [2.45, 2.75) is 64.1 Å². The average Bonchev–Trinajstić information content (AvgIpc) is 2.97. The number of benzene rings is 2. The first-order valence-corrected chi connectivity index (χ1v) is 14.7. The molecule has 0 saturated carbocycles. The van der Waals surface area contributed by atoms with E-state index in [1.54, 1.807) is 4.90 Å². The summed E-state index contributed by atoms with van der Waals surface area (Å²) >= 11 is 0. The van der Waals surface area contributed by atoms with E-state index < -0.39 is 5.60 Å². The molecule has 0 spiro atoms. The molecule has 0 aliphatic carbocycles. The predicted octanol–water partition coefficient (Wildman–Crippen LogP) is 7.29. The molecule has 2 saturated heterocycles. The smallest absolute Gasteiger partial charge is 0.410 e. The number of carbonyl (C=O) groups excluding carboxylic acids is 1. The number of pyridine rings is 2. The van der Waals surface area contributed by atoms with E-state index in [0.717, 1.165) is 53.7 Å². The van der Waals surface area contributed by atoms with Crippen LogP contribution in [0.3, 0.4) is 0 Å². The zero-order valence-corrected chi connectivity index (χ0v) is 26.8. The van der Waals surface area contributed by atoms with Gasteiger partial charge in [0.25, 0.3) is 0 Å². The number of halogens is 2. The van der Waals surface area contributed by atoms with Crippen molar-refractivity contribution >= 4 is 64.1 Å². The second kappa shape index (κ2) is 15.9. The lowest BCUT2D eigenvalue weighted by molar-refractivity contribution is 0.0210. The Morgan fingerprint density at radius 3 is 1.74 bits per heavy atom. The molecule has 2 aromatic carbocycles. The van der Waals surface area contributed by atoms with Crippen LogP contribution in [-0.4, -0.2) is 64.8 Å². The molecule has 1 amide bonds. The quantitative estimate of drug-likeness (QED) is 0.219. The first-order chi connectivity index (χ1) is 19.8. The van der Waals surface area contributed by atoms with Gasteiger partial charge in [0.2, 0.25) is 0 Å². The minimum absolute atomic E-state index is 0. The van der Waals surface area contributed by atoms with Crippen LogP contribution < -0.4 is 16.0 Å². The van der Waals surface area contributed by atoms with Gasteiger partial charge in [-0.05, 0) is 83.8 Å². The van der Waals surface area contributed by atoms with E-state index in [1.807, 2.05) is 63.5 Å². The van der Waals surface area contributed by atoms with E-state index in [0.29, 0.717) is 25.2 Å². The van der Waals surface area contributed by atoms with E-state index in [9.17, 15) is 4.79 Å². The van der Waals surface area contributed by atoms with Crippen LogP contribution in [0.1, 0.15) is 46.5 Å². The minimum atomic E-state index is -0.442. The Balaban J connectivity index is 0.000000236. The number of likely N-dealkylation sites (tertiary alicyclic amines) is 1. The normalized spacial score (nSPS) is 15.8. The Hall–Kier alpha value is -3.33. The number of hydrogen-bond donors (Lipinski definition) is 3. The van der Waals surface area contributed by atoms with Gasteiger partial charge in [-0.2, -0.15) is 0 Å². The first kappa shape index (κ1) is 34.2. The van der Waals surface area contributed by atoms with Gasteiger partial charge in [0.05, 0.1) is 34.8 Å². The molecule has 43 heavy (non-hydrogen) atoms. The third-order valence-electron chi connectivity index (χ3n) is 7.41. The van der Waals surface area contributed by atoms with Gasteiger partial charge in [-0.25, -0.2) is 4.79 Å². The molecule has 6 rings (SSSR count). The molecule has 3 N–H and O–H groups in total. The van der Waals surface area contributed by atoms with Crippen LogP contribution in [-0.2, 0) is 4.74 Å². The molecule has 2 aromatic heterocycles. The second-order valence-corrected chi connectivity index (χ2v) is 11.9. The number of anilines is 2. The number of para-hydroxylation sites is 2. The maximum Gasteiger partial charge on any atom is 0.410 e. The molecule has 10 heteroatoms.